The Morgan fingerprint density at radius 2 is 1.80 bits per heavy atom. The average Bonchev–Trinajstić information content (AvgIpc) is 2.49. The Balaban J connectivity index is 1.60. The number of ether oxygens (including phenoxy) is 1. The largest absolute Gasteiger partial charge is 0.497 e. The Hall–Kier alpha value is -1.02. The third kappa shape index (κ3) is 3.17. The summed E-state index contributed by atoms with van der Waals surface area (Å²) >= 11 is 0. The molecule has 1 aromatic rings. The molecule has 2 nitrogen and oxygen atoms in total. The molecule has 0 heterocycles. The van der Waals surface area contributed by atoms with Gasteiger partial charge in [-0.3, -0.25) is 0 Å². The maximum atomic E-state index is 5.36. The molecule has 2 heteroatoms. The molecule has 0 bridgehead atoms. The van der Waals surface area contributed by atoms with Gasteiger partial charge in [-0.05, 0) is 74.1 Å². The molecule has 0 aromatic heterocycles. The minimum absolute atomic E-state index is 0.660. The van der Waals surface area contributed by atoms with Crippen LogP contribution >= 0.6 is 0 Å². The van der Waals surface area contributed by atoms with Crippen LogP contribution in [0.4, 0.5) is 0 Å². The van der Waals surface area contributed by atoms with E-state index in [1.165, 1.54) is 56.1 Å². The monoisotopic (exact) mass is 273 g/mol. The van der Waals surface area contributed by atoms with Crippen LogP contribution in [0, 0.1) is 5.92 Å². The van der Waals surface area contributed by atoms with Crippen molar-refractivity contribution in [3.8, 4) is 5.75 Å². The van der Waals surface area contributed by atoms with E-state index in [4.69, 9.17) is 4.74 Å². The average molecular weight is 273 g/mol. The summed E-state index contributed by atoms with van der Waals surface area (Å²) < 4.78 is 5.36. The minimum Gasteiger partial charge on any atom is -0.497 e. The lowest BCUT2D eigenvalue weighted by Crippen LogP contribution is -2.43. The predicted octanol–water partition coefficient (Wildman–Crippen LogP) is 3.72. The molecular weight excluding hydrogens is 246 g/mol. The zero-order chi connectivity index (χ0) is 13.9. The summed E-state index contributed by atoms with van der Waals surface area (Å²) in [6.45, 7) is 2.39. The fraction of sp³-hybridized carbons (Fsp3) is 0.667. The standard InChI is InChI=1S/C18H27NO/c1-13-3-7-16(8-4-13)19-17-9-5-14-6-10-18(20-2)12-15(14)11-17/h6,10,12-13,16-17,19H,3-5,7-9,11H2,1-2H3. The van der Waals surface area contributed by atoms with Crippen molar-refractivity contribution in [3.05, 3.63) is 29.3 Å². The Bertz CT molecular complexity index is 449. The SMILES string of the molecule is COc1ccc2c(c1)CC(NC1CCC(C)CC1)CC2. The van der Waals surface area contributed by atoms with Gasteiger partial charge in [0.25, 0.3) is 0 Å². The number of benzene rings is 1. The van der Waals surface area contributed by atoms with Gasteiger partial charge in [-0.25, -0.2) is 0 Å². The van der Waals surface area contributed by atoms with Crippen LogP contribution in [0.2, 0.25) is 0 Å². The molecule has 0 radical (unpaired) electrons. The first kappa shape index (κ1) is 13.9. The molecule has 0 aliphatic heterocycles. The molecule has 2 aliphatic carbocycles. The third-order valence-corrected chi connectivity index (χ3v) is 5.13. The molecule has 1 aromatic carbocycles. The second-order valence-electron chi connectivity index (χ2n) is 6.70. The van der Waals surface area contributed by atoms with E-state index in [9.17, 15) is 0 Å². The van der Waals surface area contributed by atoms with Crippen molar-refractivity contribution in [2.75, 3.05) is 7.11 Å². The van der Waals surface area contributed by atoms with Crippen molar-refractivity contribution in [2.45, 2.75) is 64.0 Å². The van der Waals surface area contributed by atoms with Crippen LogP contribution in [-0.4, -0.2) is 19.2 Å². The van der Waals surface area contributed by atoms with Crippen molar-refractivity contribution in [2.24, 2.45) is 5.92 Å². The van der Waals surface area contributed by atoms with Gasteiger partial charge < -0.3 is 10.1 Å². The third-order valence-electron chi connectivity index (χ3n) is 5.13. The van der Waals surface area contributed by atoms with E-state index in [1.807, 2.05) is 0 Å². The molecule has 1 atom stereocenters. The summed E-state index contributed by atoms with van der Waals surface area (Å²) in [5.41, 5.74) is 3.00. The predicted molar refractivity (Wildman–Crippen MR) is 83.4 cm³/mol. The smallest absolute Gasteiger partial charge is 0.119 e. The zero-order valence-electron chi connectivity index (χ0n) is 12.8. The molecule has 0 spiro atoms. The van der Waals surface area contributed by atoms with E-state index in [2.05, 4.69) is 30.4 Å². The van der Waals surface area contributed by atoms with Gasteiger partial charge in [-0.2, -0.15) is 0 Å². The number of rotatable bonds is 3. The van der Waals surface area contributed by atoms with Crippen LogP contribution < -0.4 is 10.1 Å². The van der Waals surface area contributed by atoms with Gasteiger partial charge in [0, 0.05) is 12.1 Å². The van der Waals surface area contributed by atoms with Crippen molar-refractivity contribution < 1.29 is 4.74 Å². The zero-order valence-corrected chi connectivity index (χ0v) is 12.8. The highest BCUT2D eigenvalue weighted by Gasteiger charge is 2.24. The minimum atomic E-state index is 0.660. The topological polar surface area (TPSA) is 21.3 Å². The normalized spacial score (nSPS) is 29.8. The summed E-state index contributed by atoms with van der Waals surface area (Å²) in [6, 6.07) is 7.98. The molecule has 1 saturated carbocycles. The maximum absolute atomic E-state index is 5.36. The van der Waals surface area contributed by atoms with E-state index in [0.29, 0.717) is 6.04 Å². The Labute approximate surface area is 122 Å². The lowest BCUT2D eigenvalue weighted by molar-refractivity contribution is 0.277. The molecule has 3 rings (SSSR count). The van der Waals surface area contributed by atoms with Gasteiger partial charge in [-0.1, -0.05) is 13.0 Å². The van der Waals surface area contributed by atoms with E-state index >= 15 is 0 Å². The fourth-order valence-corrected chi connectivity index (χ4v) is 3.76. The fourth-order valence-electron chi connectivity index (χ4n) is 3.76. The van der Waals surface area contributed by atoms with E-state index < -0.39 is 0 Å². The summed E-state index contributed by atoms with van der Waals surface area (Å²) in [5, 5.41) is 3.92. The van der Waals surface area contributed by atoms with Crippen LogP contribution in [0.3, 0.4) is 0 Å². The molecule has 1 fully saturated rings. The van der Waals surface area contributed by atoms with Gasteiger partial charge >= 0.3 is 0 Å². The van der Waals surface area contributed by atoms with E-state index in [-0.39, 0.29) is 0 Å². The highest BCUT2D eigenvalue weighted by Crippen LogP contribution is 2.28. The quantitative estimate of drug-likeness (QED) is 0.906. The van der Waals surface area contributed by atoms with Crippen LogP contribution in [-0.2, 0) is 12.8 Å². The molecule has 1 N–H and O–H groups in total. The first-order chi connectivity index (χ1) is 9.74. The second-order valence-corrected chi connectivity index (χ2v) is 6.70. The number of hydrogen-bond donors (Lipinski definition) is 1. The lowest BCUT2D eigenvalue weighted by Gasteiger charge is -2.33. The second kappa shape index (κ2) is 6.17. The van der Waals surface area contributed by atoms with Gasteiger partial charge in [-0.15, -0.1) is 0 Å². The molecule has 20 heavy (non-hydrogen) atoms. The molecule has 1 unspecified atom stereocenters. The van der Waals surface area contributed by atoms with Crippen LogP contribution in [0.1, 0.15) is 50.2 Å². The summed E-state index contributed by atoms with van der Waals surface area (Å²) in [7, 11) is 1.75. The van der Waals surface area contributed by atoms with Crippen LogP contribution in [0.5, 0.6) is 5.75 Å². The molecular formula is C18H27NO. The first-order valence-electron chi connectivity index (χ1n) is 8.16. The maximum Gasteiger partial charge on any atom is 0.119 e. The number of nitrogens with one attached hydrogen (secondary N) is 1. The van der Waals surface area contributed by atoms with Crippen molar-refractivity contribution >= 4 is 0 Å². The molecule has 2 aliphatic rings. The Morgan fingerprint density at radius 3 is 2.55 bits per heavy atom. The van der Waals surface area contributed by atoms with Crippen LogP contribution in [0.25, 0.3) is 0 Å². The Kier molecular flexibility index (Phi) is 4.30. The van der Waals surface area contributed by atoms with Crippen molar-refractivity contribution in [1.82, 2.24) is 5.32 Å². The molecule has 0 saturated heterocycles. The van der Waals surface area contributed by atoms with Crippen molar-refractivity contribution in [1.29, 1.82) is 0 Å². The van der Waals surface area contributed by atoms with Gasteiger partial charge in [0.05, 0.1) is 7.11 Å². The highest BCUT2D eigenvalue weighted by molar-refractivity contribution is 5.37. The van der Waals surface area contributed by atoms with Gasteiger partial charge in [0.2, 0.25) is 0 Å². The number of fused-ring (bicyclic) bond motifs is 1. The summed E-state index contributed by atoms with van der Waals surface area (Å²) in [4.78, 5) is 0. The van der Waals surface area contributed by atoms with Gasteiger partial charge in [0.1, 0.15) is 5.75 Å². The first-order valence-corrected chi connectivity index (χ1v) is 8.16. The summed E-state index contributed by atoms with van der Waals surface area (Å²) in [5.74, 6) is 1.93. The summed E-state index contributed by atoms with van der Waals surface area (Å²) in [6.07, 6.45) is 9.18. The number of methoxy groups -OCH3 is 1. The lowest BCUT2D eigenvalue weighted by atomic mass is 9.84. The molecule has 0 amide bonds. The Morgan fingerprint density at radius 1 is 1.00 bits per heavy atom. The number of hydrogen-bond acceptors (Lipinski definition) is 2. The highest BCUT2D eigenvalue weighted by atomic mass is 16.5. The van der Waals surface area contributed by atoms with E-state index in [0.717, 1.165) is 17.7 Å². The van der Waals surface area contributed by atoms with Crippen molar-refractivity contribution in [3.63, 3.8) is 0 Å². The van der Waals surface area contributed by atoms with E-state index in [1.54, 1.807) is 7.11 Å². The van der Waals surface area contributed by atoms with Crippen LogP contribution in [0.15, 0.2) is 18.2 Å². The molecule has 110 valence electrons. The van der Waals surface area contributed by atoms with Gasteiger partial charge in [0.15, 0.2) is 0 Å². The number of aryl methyl sites for hydroxylation is 1.